The molecular formula is C10H20N2OS2. The second-order valence-electron chi connectivity index (χ2n) is 3.74. The monoisotopic (exact) mass is 248 g/mol. The molecule has 0 aliphatic carbocycles. The average molecular weight is 248 g/mol. The van der Waals surface area contributed by atoms with Crippen molar-refractivity contribution < 1.29 is 4.79 Å². The molecule has 88 valence electrons. The van der Waals surface area contributed by atoms with E-state index in [2.05, 4.69) is 18.5 Å². The first-order valence-electron chi connectivity index (χ1n) is 5.27. The van der Waals surface area contributed by atoms with Gasteiger partial charge in [0.05, 0.1) is 6.04 Å². The number of carbonyl (C=O) groups excluding carboxylic acids is 1. The Labute approximate surface area is 101 Å². The minimum atomic E-state index is 0.0379. The van der Waals surface area contributed by atoms with Crippen LogP contribution < -0.4 is 5.32 Å². The molecule has 1 N–H and O–H groups in total. The molecule has 0 aromatic carbocycles. The molecular weight excluding hydrogens is 228 g/mol. The van der Waals surface area contributed by atoms with Crippen LogP contribution in [0, 0.1) is 0 Å². The van der Waals surface area contributed by atoms with Gasteiger partial charge < -0.3 is 4.90 Å². The van der Waals surface area contributed by atoms with Gasteiger partial charge in [0.15, 0.2) is 0 Å². The van der Waals surface area contributed by atoms with Gasteiger partial charge in [-0.05, 0) is 12.7 Å². The number of thioether (sulfide) groups is 2. The van der Waals surface area contributed by atoms with Crippen LogP contribution in [-0.4, -0.2) is 53.6 Å². The second-order valence-corrected chi connectivity index (χ2v) is 5.68. The molecule has 2 unspecified atom stereocenters. The van der Waals surface area contributed by atoms with E-state index in [-0.39, 0.29) is 11.9 Å². The number of hydrogen-bond acceptors (Lipinski definition) is 4. The normalized spacial score (nSPS) is 22.7. The van der Waals surface area contributed by atoms with Crippen molar-refractivity contribution in [2.45, 2.75) is 25.4 Å². The van der Waals surface area contributed by atoms with E-state index >= 15 is 0 Å². The molecule has 1 saturated heterocycles. The van der Waals surface area contributed by atoms with E-state index in [1.165, 1.54) is 0 Å². The molecule has 1 fully saturated rings. The lowest BCUT2D eigenvalue weighted by Crippen LogP contribution is -2.48. The van der Waals surface area contributed by atoms with E-state index in [1.54, 1.807) is 23.5 Å². The Balaban J connectivity index is 2.48. The summed E-state index contributed by atoms with van der Waals surface area (Å²) in [7, 11) is 1.93. The Hall–Kier alpha value is 0.130. The molecule has 1 aliphatic heterocycles. The summed E-state index contributed by atoms with van der Waals surface area (Å²) in [6.45, 7) is 2.14. The van der Waals surface area contributed by atoms with E-state index in [0.717, 1.165) is 23.8 Å². The van der Waals surface area contributed by atoms with Crippen molar-refractivity contribution in [2.24, 2.45) is 0 Å². The van der Waals surface area contributed by atoms with Crippen molar-refractivity contribution in [3.63, 3.8) is 0 Å². The molecule has 1 rings (SSSR count). The number of likely N-dealkylation sites (N-methyl/N-ethyl adjacent to an activating group) is 1. The smallest absolute Gasteiger partial charge is 0.240 e. The minimum Gasteiger partial charge on any atom is -0.341 e. The first-order valence-corrected chi connectivity index (χ1v) is 7.82. The average Bonchev–Trinajstić information content (AvgIpc) is 2.77. The van der Waals surface area contributed by atoms with E-state index in [1.807, 2.05) is 11.9 Å². The summed E-state index contributed by atoms with van der Waals surface area (Å²) in [4.78, 5) is 14.0. The third-order valence-electron chi connectivity index (χ3n) is 2.74. The van der Waals surface area contributed by atoms with E-state index in [4.69, 9.17) is 0 Å². The summed E-state index contributed by atoms with van der Waals surface area (Å²) in [5, 5.41) is 3.22. The van der Waals surface area contributed by atoms with Crippen molar-refractivity contribution in [3.8, 4) is 0 Å². The first-order chi connectivity index (χ1) is 7.20. The predicted octanol–water partition coefficient (Wildman–Crippen LogP) is 1.25. The summed E-state index contributed by atoms with van der Waals surface area (Å²) < 4.78 is 0. The molecule has 0 bridgehead atoms. The topological polar surface area (TPSA) is 32.3 Å². The highest BCUT2D eigenvalue weighted by Gasteiger charge is 2.28. The van der Waals surface area contributed by atoms with Gasteiger partial charge in [0, 0.05) is 30.5 Å². The first kappa shape index (κ1) is 13.2. The lowest BCUT2D eigenvalue weighted by molar-refractivity contribution is -0.133. The number of hydrogen-bond donors (Lipinski definition) is 1. The number of nitrogens with zero attached hydrogens (tertiary/aromatic N) is 1. The lowest BCUT2D eigenvalue weighted by atomic mass is 10.2. The zero-order valence-corrected chi connectivity index (χ0v) is 11.3. The van der Waals surface area contributed by atoms with Crippen LogP contribution in [0.3, 0.4) is 0 Å². The molecule has 1 heterocycles. The highest BCUT2D eigenvalue weighted by atomic mass is 32.2. The van der Waals surface area contributed by atoms with Crippen molar-refractivity contribution in [3.05, 3.63) is 0 Å². The Morgan fingerprint density at radius 2 is 2.47 bits per heavy atom. The van der Waals surface area contributed by atoms with E-state index < -0.39 is 0 Å². The molecule has 15 heavy (non-hydrogen) atoms. The van der Waals surface area contributed by atoms with Gasteiger partial charge in [0.1, 0.15) is 0 Å². The zero-order chi connectivity index (χ0) is 11.3. The molecule has 0 spiro atoms. The lowest BCUT2D eigenvalue weighted by Gasteiger charge is -2.29. The van der Waals surface area contributed by atoms with Gasteiger partial charge >= 0.3 is 0 Å². The van der Waals surface area contributed by atoms with Crippen molar-refractivity contribution in [1.82, 2.24) is 10.2 Å². The fourth-order valence-electron chi connectivity index (χ4n) is 1.68. The van der Waals surface area contributed by atoms with Gasteiger partial charge in [-0.15, -0.1) is 11.8 Å². The Bertz CT molecular complexity index is 208. The Morgan fingerprint density at radius 3 is 2.93 bits per heavy atom. The fraction of sp³-hybridized carbons (Fsp3) is 0.900. The highest BCUT2D eigenvalue weighted by Crippen LogP contribution is 2.15. The summed E-state index contributed by atoms with van der Waals surface area (Å²) in [6.07, 6.45) is 3.12. The molecule has 3 nitrogen and oxygen atoms in total. The van der Waals surface area contributed by atoms with Crippen molar-refractivity contribution in [1.29, 1.82) is 0 Å². The maximum absolute atomic E-state index is 12.1. The fourth-order valence-corrected chi connectivity index (χ4v) is 3.45. The maximum Gasteiger partial charge on any atom is 0.240 e. The standard InChI is InChI=1S/C10H20N2OS2/c1-4-8(5-14-3)12(2)10(13)9-6-15-7-11-9/h8-9,11H,4-7H2,1-3H3. The molecule has 2 atom stereocenters. The quantitative estimate of drug-likeness (QED) is 0.794. The van der Waals surface area contributed by atoms with Crippen LogP contribution in [0.5, 0.6) is 0 Å². The zero-order valence-electron chi connectivity index (χ0n) is 9.66. The second kappa shape index (κ2) is 6.66. The van der Waals surface area contributed by atoms with Gasteiger partial charge in [0.2, 0.25) is 5.91 Å². The SMILES string of the molecule is CCC(CSC)N(C)C(=O)C1CSCN1. The highest BCUT2D eigenvalue weighted by molar-refractivity contribution is 7.99. The van der Waals surface area contributed by atoms with Gasteiger partial charge in [0.25, 0.3) is 0 Å². The summed E-state index contributed by atoms with van der Waals surface area (Å²) in [6, 6.07) is 0.413. The van der Waals surface area contributed by atoms with Crippen molar-refractivity contribution >= 4 is 29.4 Å². The van der Waals surface area contributed by atoms with Gasteiger partial charge in [-0.2, -0.15) is 11.8 Å². The molecule has 0 saturated carbocycles. The summed E-state index contributed by atoms with van der Waals surface area (Å²) in [5.41, 5.74) is 0. The van der Waals surface area contributed by atoms with Crippen LogP contribution >= 0.6 is 23.5 Å². The molecule has 5 heteroatoms. The van der Waals surface area contributed by atoms with Crippen LogP contribution in [-0.2, 0) is 4.79 Å². The summed E-state index contributed by atoms with van der Waals surface area (Å²) in [5.74, 6) is 3.10. The number of carbonyl (C=O) groups is 1. The molecule has 1 amide bonds. The predicted molar refractivity (Wildman–Crippen MR) is 69.5 cm³/mol. The Morgan fingerprint density at radius 1 is 1.73 bits per heavy atom. The Kier molecular flexibility index (Phi) is 5.86. The third kappa shape index (κ3) is 3.57. The molecule has 1 aliphatic rings. The van der Waals surface area contributed by atoms with E-state index in [0.29, 0.717) is 6.04 Å². The van der Waals surface area contributed by atoms with Crippen LogP contribution in [0.1, 0.15) is 13.3 Å². The van der Waals surface area contributed by atoms with Crippen LogP contribution in [0.4, 0.5) is 0 Å². The third-order valence-corrected chi connectivity index (χ3v) is 4.40. The molecule has 0 radical (unpaired) electrons. The number of rotatable bonds is 5. The number of amides is 1. The van der Waals surface area contributed by atoms with Gasteiger partial charge in [-0.3, -0.25) is 10.1 Å². The summed E-state index contributed by atoms with van der Waals surface area (Å²) >= 11 is 3.60. The van der Waals surface area contributed by atoms with Gasteiger partial charge in [-0.1, -0.05) is 6.92 Å². The molecule has 0 aromatic heterocycles. The number of nitrogens with one attached hydrogen (secondary N) is 1. The largest absolute Gasteiger partial charge is 0.341 e. The molecule has 0 aromatic rings. The van der Waals surface area contributed by atoms with Crippen LogP contribution in [0.2, 0.25) is 0 Å². The van der Waals surface area contributed by atoms with Crippen molar-refractivity contribution in [2.75, 3.05) is 30.7 Å². The van der Waals surface area contributed by atoms with Crippen LogP contribution in [0.25, 0.3) is 0 Å². The van der Waals surface area contributed by atoms with E-state index in [9.17, 15) is 4.79 Å². The van der Waals surface area contributed by atoms with Crippen LogP contribution in [0.15, 0.2) is 0 Å². The maximum atomic E-state index is 12.1. The minimum absolute atomic E-state index is 0.0379. The van der Waals surface area contributed by atoms with Gasteiger partial charge in [-0.25, -0.2) is 0 Å².